The van der Waals surface area contributed by atoms with Crippen molar-refractivity contribution >= 4 is 11.5 Å². The minimum Gasteiger partial charge on any atom is -0.385 e. The van der Waals surface area contributed by atoms with Gasteiger partial charge in [0, 0.05) is 5.38 Å². The Hall–Kier alpha value is -1.34. The van der Waals surface area contributed by atoms with Crippen LogP contribution >= 0.6 is 11.5 Å². The lowest BCUT2D eigenvalue weighted by Crippen LogP contribution is -1.92. The third-order valence-corrected chi connectivity index (χ3v) is 1.90. The van der Waals surface area contributed by atoms with Gasteiger partial charge in [0.1, 0.15) is 6.10 Å². The Morgan fingerprint density at radius 3 is 3.00 bits per heavy atom. The Balaban J connectivity index is 2.33. The Kier molecular flexibility index (Phi) is 2.03. The van der Waals surface area contributed by atoms with E-state index in [1.54, 1.807) is 12.3 Å². The van der Waals surface area contributed by atoms with Gasteiger partial charge < -0.3 is 9.63 Å². The standard InChI is InChI=1S/C6H6N4O2S/c1-3(11)5-7-6(12-9-5)4-2-13-10-8-4/h2-3,11H,1H3. The van der Waals surface area contributed by atoms with Gasteiger partial charge in [-0.2, -0.15) is 4.98 Å². The lowest BCUT2D eigenvalue weighted by Gasteiger charge is -1.91. The molecule has 0 aliphatic heterocycles. The smallest absolute Gasteiger partial charge is 0.279 e. The molecule has 68 valence electrons. The lowest BCUT2D eigenvalue weighted by molar-refractivity contribution is 0.184. The monoisotopic (exact) mass is 198 g/mol. The van der Waals surface area contributed by atoms with E-state index < -0.39 is 6.10 Å². The van der Waals surface area contributed by atoms with Gasteiger partial charge in [-0.25, -0.2) is 0 Å². The van der Waals surface area contributed by atoms with Gasteiger partial charge in [0.05, 0.1) is 0 Å². The number of hydrogen-bond acceptors (Lipinski definition) is 7. The van der Waals surface area contributed by atoms with Crippen molar-refractivity contribution in [2.24, 2.45) is 0 Å². The fraction of sp³-hybridized carbons (Fsp3) is 0.333. The van der Waals surface area contributed by atoms with Gasteiger partial charge in [0.15, 0.2) is 11.5 Å². The van der Waals surface area contributed by atoms with Crippen molar-refractivity contribution < 1.29 is 9.63 Å². The van der Waals surface area contributed by atoms with Gasteiger partial charge in [-0.1, -0.05) is 9.64 Å². The van der Waals surface area contributed by atoms with Crippen molar-refractivity contribution in [3.63, 3.8) is 0 Å². The highest BCUT2D eigenvalue weighted by molar-refractivity contribution is 7.03. The summed E-state index contributed by atoms with van der Waals surface area (Å²) < 4.78 is 8.51. The molecule has 2 rings (SSSR count). The normalized spacial score (nSPS) is 13.1. The van der Waals surface area contributed by atoms with Crippen molar-refractivity contribution in [1.82, 2.24) is 19.7 Å². The largest absolute Gasteiger partial charge is 0.385 e. The Morgan fingerprint density at radius 1 is 1.62 bits per heavy atom. The van der Waals surface area contributed by atoms with Crippen molar-refractivity contribution in [3.8, 4) is 11.6 Å². The Labute approximate surface area is 77.4 Å². The van der Waals surface area contributed by atoms with Gasteiger partial charge in [0.25, 0.3) is 5.89 Å². The van der Waals surface area contributed by atoms with Crippen LogP contribution in [-0.2, 0) is 0 Å². The molecule has 0 fully saturated rings. The number of nitrogens with zero attached hydrogens (tertiary/aromatic N) is 4. The topological polar surface area (TPSA) is 84.9 Å². The first kappa shape index (κ1) is 8.27. The van der Waals surface area contributed by atoms with Crippen LogP contribution in [0.15, 0.2) is 9.90 Å². The van der Waals surface area contributed by atoms with Crippen LogP contribution in [0.4, 0.5) is 0 Å². The second-order valence-corrected chi connectivity index (χ2v) is 3.03. The summed E-state index contributed by atoms with van der Waals surface area (Å²) in [6.45, 7) is 1.56. The first-order chi connectivity index (χ1) is 6.27. The van der Waals surface area contributed by atoms with Gasteiger partial charge in [-0.05, 0) is 18.5 Å². The molecule has 1 unspecified atom stereocenters. The van der Waals surface area contributed by atoms with Gasteiger partial charge >= 0.3 is 0 Å². The lowest BCUT2D eigenvalue weighted by atomic mass is 10.4. The molecule has 0 saturated heterocycles. The van der Waals surface area contributed by atoms with E-state index >= 15 is 0 Å². The van der Waals surface area contributed by atoms with Crippen molar-refractivity contribution in [3.05, 3.63) is 11.2 Å². The van der Waals surface area contributed by atoms with Crippen LogP contribution in [0.5, 0.6) is 0 Å². The molecule has 1 atom stereocenters. The van der Waals surface area contributed by atoms with Gasteiger partial charge in [-0.15, -0.1) is 5.10 Å². The molecule has 0 spiro atoms. The minimum absolute atomic E-state index is 0.253. The predicted octanol–water partition coefficient (Wildman–Crippen LogP) is 0.641. The molecule has 0 bridgehead atoms. The molecule has 1 N–H and O–H groups in total. The Morgan fingerprint density at radius 2 is 2.46 bits per heavy atom. The summed E-state index contributed by atoms with van der Waals surface area (Å²) in [6, 6.07) is 0. The average Bonchev–Trinajstić information content (AvgIpc) is 2.75. The van der Waals surface area contributed by atoms with Crippen LogP contribution in [0.2, 0.25) is 0 Å². The molecule has 13 heavy (non-hydrogen) atoms. The second-order valence-electron chi connectivity index (χ2n) is 2.42. The molecule has 0 saturated carbocycles. The second kappa shape index (κ2) is 3.19. The zero-order valence-corrected chi connectivity index (χ0v) is 7.52. The van der Waals surface area contributed by atoms with E-state index in [1.165, 1.54) is 11.5 Å². The summed E-state index contributed by atoms with van der Waals surface area (Å²) in [5, 5.41) is 18.1. The SMILES string of the molecule is CC(O)c1noc(-c2csnn2)n1. The minimum atomic E-state index is -0.732. The van der Waals surface area contributed by atoms with E-state index in [2.05, 4.69) is 19.7 Å². The maximum absolute atomic E-state index is 9.12. The van der Waals surface area contributed by atoms with E-state index in [0.717, 1.165) is 0 Å². The van der Waals surface area contributed by atoms with E-state index in [9.17, 15) is 0 Å². The highest BCUT2D eigenvalue weighted by Crippen LogP contribution is 2.17. The van der Waals surface area contributed by atoms with Crippen molar-refractivity contribution in [2.75, 3.05) is 0 Å². The molecule has 6 nitrogen and oxygen atoms in total. The molecule has 7 heteroatoms. The molecule has 0 aliphatic rings. The molecule has 2 aromatic rings. The maximum Gasteiger partial charge on any atom is 0.279 e. The first-order valence-corrected chi connectivity index (χ1v) is 4.40. The summed E-state index contributed by atoms with van der Waals surface area (Å²) in [5.74, 6) is 0.535. The van der Waals surface area contributed by atoms with E-state index in [0.29, 0.717) is 5.69 Å². The van der Waals surface area contributed by atoms with Crippen LogP contribution in [0.3, 0.4) is 0 Å². The van der Waals surface area contributed by atoms with Crippen molar-refractivity contribution in [1.29, 1.82) is 0 Å². The highest BCUT2D eigenvalue weighted by Gasteiger charge is 2.13. The van der Waals surface area contributed by atoms with Crippen LogP contribution in [0.25, 0.3) is 11.6 Å². The molecular formula is C6H6N4O2S. The average molecular weight is 198 g/mol. The molecule has 0 amide bonds. The number of aromatic nitrogens is 4. The molecule has 2 heterocycles. The summed E-state index contributed by atoms with van der Waals surface area (Å²) in [7, 11) is 0. The predicted molar refractivity (Wildman–Crippen MR) is 43.8 cm³/mol. The summed E-state index contributed by atoms with van der Waals surface area (Å²) in [6.07, 6.45) is -0.732. The van der Waals surface area contributed by atoms with Crippen LogP contribution in [0, 0.1) is 0 Å². The first-order valence-electron chi connectivity index (χ1n) is 3.56. The number of hydrogen-bond donors (Lipinski definition) is 1. The number of aliphatic hydroxyl groups excluding tert-OH is 1. The molecular weight excluding hydrogens is 192 g/mol. The van der Waals surface area contributed by atoms with Gasteiger partial charge in [0.2, 0.25) is 0 Å². The quantitative estimate of drug-likeness (QED) is 0.762. The zero-order chi connectivity index (χ0) is 9.26. The zero-order valence-electron chi connectivity index (χ0n) is 6.71. The molecule has 0 aromatic carbocycles. The summed E-state index contributed by atoms with van der Waals surface area (Å²) >= 11 is 1.20. The number of rotatable bonds is 2. The molecule has 2 aromatic heterocycles. The fourth-order valence-electron chi connectivity index (χ4n) is 0.766. The van der Waals surface area contributed by atoms with E-state index in [4.69, 9.17) is 9.63 Å². The summed E-state index contributed by atoms with van der Waals surface area (Å²) in [4.78, 5) is 3.93. The maximum atomic E-state index is 9.12. The third kappa shape index (κ3) is 1.56. The highest BCUT2D eigenvalue weighted by atomic mass is 32.1. The van der Waals surface area contributed by atoms with Crippen LogP contribution in [0.1, 0.15) is 18.9 Å². The van der Waals surface area contributed by atoms with Crippen LogP contribution in [-0.4, -0.2) is 24.8 Å². The van der Waals surface area contributed by atoms with Gasteiger partial charge in [-0.3, -0.25) is 0 Å². The fourth-order valence-corrected chi connectivity index (χ4v) is 1.20. The van der Waals surface area contributed by atoms with E-state index in [-0.39, 0.29) is 11.7 Å². The van der Waals surface area contributed by atoms with Crippen molar-refractivity contribution in [2.45, 2.75) is 13.0 Å². The number of aliphatic hydroxyl groups is 1. The molecule has 0 radical (unpaired) electrons. The van der Waals surface area contributed by atoms with Crippen LogP contribution < -0.4 is 0 Å². The molecule has 0 aliphatic carbocycles. The summed E-state index contributed by atoms with van der Waals surface area (Å²) in [5.41, 5.74) is 0.532. The third-order valence-electron chi connectivity index (χ3n) is 1.39. The Bertz CT molecular complexity index is 383. The van der Waals surface area contributed by atoms with E-state index in [1.807, 2.05) is 0 Å².